The van der Waals surface area contributed by atoms with Gasteiger partial charge in [-0.2, -0.15) is 0 Å². The third kappa shape index (κ3) is 3.47. The van der Waals surface area contributed by atoms with Gasteiger partial charge >= 0.3 is 0 Å². The van der Waals surface area contributed by atoms with Crippen molar-refractivity contribution in [2.45, 2.75) is 19.4 Å². The Morgan fingerprint density at radius 1 is 1.47 bits per heavy atom. The van der Waals surface area contributed by atoms with Crippen LogP contribution in [0.5, 0.6) is 5.75 Å². The highest BCUT2D eigenvalue weighted by Gasteiger charge is 2.17. The Kier molecular flexibility index (Phi) is 4.80. The maximum absolute atomic E-state index is 6.09. The van der Waals surface area contributed by atoms with Gasteiger partial charge in [0, 0.05) is 34.1 Å². The van der Waals surface area contributed by atoms with Crippen molar-refractivity contribution in [2.24, 2.45) is 0 Å². The summed E-state index contributed by atoms with van der Waals surface area (Å²) in [5.41, 5.74) is 2.12. The Labute approximate surface area is 122 Å². The van der Waals surface area contributed by atoms with Gasteiger partial charge in [0.1, 0.15) is 5.75 Å². The quantitative estimate of drug-likeness (QED) is 0.915. The van der Waals surface area contributed by atoms with Crippen molar-refractivity contribution in [2.75, 3.05) is 14.2 Å². The van der Waals surface area contributed by atoms with Crippen LogP contribution in [0, 0.1) is 6.92 Å². The first kappa shape index (κ1) is 14.3. The molecule has 3 nitrogen and oxygen atoms in total. The molecule has 102 valence electrons. The topological polar surface area (TPSA) is 34.2 Å². The van der Waals surface area contributed by atoms with Crippen LogP contribution in [0.4, 0.5) is 0 Å². The molecule has 2 aromatic rings. The fourth-order valence-corrected chi connectivity index (χ4v) is 3.02. The number of likely N-dealkylation sites (N-methyl/N-ethyl adjacent to an activating group) is 1. The predicted octanol–water partition coefficient (Wildman–Crippen LogP) is 3.62. The van der Waals surface area contributed by atoms with Crippen LogP contribution in [0.25, 0.3) is 0 Å². The molecule has 0 saturated heterocycles. The van der Waals surface area contributed by atoms with E-state index in [9.17, 15) is 0 Å². The summed E-state index contributed by atoms with van der Waals surface area (Å²) in [4.78, 5) is 4.51. The monoisotopic (exact) mass is 296 g/mol. The summed E-state index contributed by atoms with van der Waals surface area (Å²) in [7, 11) is 3.61. The number of rotatable bonds is 5. The maximum atomic E-state index is 6.09. The second-order valence-corrected chi connectivity index (χ2v) is 5.69. The van der Waals surface area contributed by atoms with Crippen LogP contribution in [-0.4, -0.2) is 19.1 Å². The minimum Gasteiger partial charge on any atom is -0.496 e. The predicted molar refractivity (Wildman–Crippen MR) is 80.4 cm³/mol. The molecule has 0 amide bonds. The highest BCUT2D eigenvalue weighted by atomic mass is 35.5. The Morgan fingerprint density at radius 3 is 2.84 bits per heavy atom. The Bertz CT molecular complexity index is 556. The zero-order valence-corrected chi connectivity index (χ0v) is 12.8. The summed E-state index contributed by atoms with van der Waals surface area (Å²) in [6, 6.07) is 5.82. The first-order valence-electron chi connectivity index (χ1n) is 6.05. The van der Waals surface area contributed by atoms with Crippen molar-refractivity contribution in [3.05, 3.63) is 44.9 Å². The summed E-state index contributed by atoms with van der Waals surface area (Å²) in [5, 5.41) is 7.20. The van der Waals surface area contributed by atoms with Gasteiger partial charge in [0.05, 0.1) is 12.1 Å². The molecule has 0 aliphatic heterocycles. The number of thiazole rings is 1. The lowest BCUT2D eigenvalue weighted by atomic mass is 10.0. The molecule has 1 unspecified atom stereocenters. The molecule has 0 radical (unpaired) electrons. The second kappa shape index (κ2) is 6.37. The molecule has 0 aliphatic rings. The van der Waals surface area contributed by atoms with Crippen molar-refractivity contribution in [3.63, 3.8) is 0 Å². The van der Waals surface area contributed by atoms with Crippen molar-refractivity contribution in [3.8, 4) is 5.75 Å². The standard InChI is InChI=1S/C14H17ClN2OS/c1-9-8-19-14(17-9)7-12(16-2)11-6-10(15)4-5-13(11)18-3/h4-6,8,12,16H,7H2,1-3H3. The molecular formula is C14H17ClN2OS. The number of halogens is 1. The molecular weight excluding hydrogens is 280 g/mol. The van der Waals surface area contributed by atoms with Crippen LogP contribution in [0.1, 0.15) is 22.3 Å². The van der Waals surface area contributed by atoms with Crippen LogP contribution in [-0.2, 0) is 6.42 Å². The normalized spacial score (nSPS) is 12.4. The maximum Gasteiger partial charge on any atom is 0.123 e. The van der Waals surface area contributed by atoms with E-state index in [-0.39, 0.29) is 6.04 Å². The molecule has 0 saturated carbocycles. The number of ether oxygens (including phenoxy) is 1. The molecule has 1 N–H and O–H groups in total. The number of aryl methyl sites for hydroxylation is 1. The number of benzene rings is 1. The third-order valence-electron chi connectivity index (χ3n) is 2.96. The van der Waals surface area contributed by atoms with Crippen LogP contribution < -0.4 is 10.1 Å². The van der Waals surface area contributed by atoms with Crippen molar-refractivity contribution in [1.82, 2.24) is 10.3 Å². The molecule has 1 aromatic heterocycles. The number of methoxy groups -OCH3 is 1. The summed E-state index contributed by atoms with van der Waals surface area (Å²) < 4.78 is 5.41. The molecule has 0 bridgehead atoms. The van der Waals surface area contributed by atoms with E-state index in [2.05, 4.69) is 15.7 Å². The highest BCUT2D eigenvalue weighted by Crippen LogP contribution is 2.30. The van der Waals surface area contributed by atoms with Gasteiger partial charge in [-0.25, -0.2) is 4.98 Å². The highest BCUT2D eigenvalue weighted by molar-refractivity contribution is 7.09. The molecule has 1 atom stereocenters. The Balaban J connectivity index is 2.28. The number of hydrogen-bond donors (Lipinski definition) is 1. The van der Waals surface area contributed by atoms with Crippen LogP contribution in [0.2, 0.25) is 5.02 Å². The third-order valence-corrected chi connectivity index (χ3v) is 4.19. The fourth-order valence-electron chi connectivity index (χ4n) is 2.02. The lowest BCUT2D eigenvalue weighted by Gasteiger charge is -2.18. The SMILES string of the molecule is CNC(Cc1nc(C)cs1)c1cc(Cl)ccc1OC. The molecule has 1 heterocycles. The van der Waals surface area contributed by atoms with Crippen LogP contribution in [0.15, 0.2) is 23.6 Å². The van der Waals surface area contributed by atoms with Gasteiger partial charge in [-0.15, -0.1) is 11.3 Å². The van der Waals surface area contributed by atoms with E-state index >= 15 is 0 Å². The second-order valence-electron chi connectivity index (χ2n) is 4.31. The van der Waals surface area contributed by atoms with Gasteiger partial charge in [-0.1, -0.05) is 11.6 Å². The van der Waals surface area contributed by atoms with Gasteiger partial charge in [-0.05, 0) is 32.2 Å². The number of nitrogens with zero attached hydrogens (tertiary/aromatic N) is 1. The molecule has 0 aliphatic carbocycles. The van der Waals surface area contributed by atoms with Gasteiger partial charge in [-0.3, -0.25) is 0 Å². The first-order valence-corrected chi connectivity index (χ1v) is 7.31. The van der Waals surface area contributed by atoms with Gasteiger partial charge in [0.2, 0.25) is 0 Å². The molecule has 1 aromatic carbocycles. The van der Waals surface area contributed by atoms with Gasteiger partial charge in [0.25, 0.3) is 0 Å². The lowest BCUT2D eigenvalue weighted by molar-refractivity contribution is 0.401. The smallest absolute Gasteiger partial charge is 0.123 e. The van der Waals surface area contributed by atoms with Gasteiger partial charge in [0.15, 0.2) is 0 Å². The summed E-state index contributed by atoms with van der Waals surface area (Å²) in [5.74, 6) is 0.844. The van der Waals surface area contributed by atoms with Crippen LogP contribution in [0.3, 0.4) is 0 Å². The van der Waals surface area contributed by atoms with E-state index < -0.39 is 0 Å². The molecule has 0 fully saturated rings. The number of hydrogen-bond acceptors (Lipinski definition) is 4. The average molecular weight is 297 g/mol. The minimum absolute atomic E-state index is 0.138. The average Bonchev–Trinajstić information content (AvgIpc) is 2.81. The zero-order valence-electron chi connectivity index (χ0n) is 11.2. The van der Waals surface area contributed by atoms with E-state index in [1.54, 1.807) is 18.4 Å². The minimum atomic E-state index is 0.138. The Morgan fingerprint density at radius 2 is 2.26 bits per heavy atom. The zero-order chi connectivity index (χ0) is 13.8. The van der Waals surface area contributed by atoms with Crippen LogP contribution >= 0.6 is 22.9 Å². The van der Waals surface area contributed by atoms with E-state index in [1.807, 2.05) is 32.2 Å². The largest absolute Gasteiger partial charge is 0.496 e. The number of nitrogens with one attached hydrogen (secondary N) is 1. The molecule has 19 heavy (non-hydrogen) atoms. The summed E-state index contributed by atoms with van der Waals surface area (Å²) >= 11 is 7.77. The van der Waals surface area contributed by atoms with Crippen molar-refractivity contribution >= 4 is 22.9 Å². The molecule has 0 spiro atoms. The Hall–Kier alpha value is -1.10. The number of aromatic nitrogens is 1. The van der Waals surface area contributed by atoms with E-state index in [0.717, 1.165) is 28.4 Å². The summed E-state index contributed by atoms with van der Waals surface area (Å²) in [6.45, 7) is 2.01. The van der Waals surface area contributed by atoms with E-state index in [0.29, 0.717) is 5.02 Å². The molecule has 2 rings (SSSR count). The van der Waals surface area contributed by atoms with E-state index in [4.69, 9.17) is 16.3 Å². The lowest BCUT2D eigenvalue weighted by Crippen LogP contribution is -2.19. The summed E-state index contributed by atoms with van der Waals surface area (Å²) in [6.07, 6.45) is 0.825. The molecule has 5 heteroatoms. The van der Waals surface area contributed by atoms with E-state index in [1.165, 1.54) is 0 Å². The van der Waals surface area contributed by atoms with Crippen molar-refractivity contribution in [1.29, 1.82) is 0 Å². The first-order chi connectivity index (χ1) is 9.13. The fraction of sp³-hybridized carbons (Fsp3) is 0.357. The van der Waals surface area contributed by atoms with Gasteiger partial charge < -0.3 is 10.1 Å². The van der Waals surface area contributed by atoms with Crippen molar-refractivity contribution < 1.29 is 4.74 Å².